The molecule has 0 atom stereocenters. The lowest BCUT2D eigenvalue weighted by Gasteiger charge is -1.91. The highest BCUT2D eigenvalue weighted by molar-refractivity contribution is 4.91. The number of aromatic amines is 1. The van der Waals surface area contributed by atoms with Crippen molar-refractivity contribution in [1.82, 2.24) is 15.2 Å². The number of rotatable bonds is 2. The van der Waals surface area contributed by atoms with Crippen LogP contribution < -0.4 is 11.3 Å². The van der Waals surface area contributed by atoms with Gasteiger partial charge in [-0.25, -0.2) is 0 Å². The van der Waals surface area contributed by atoms with Crippen molar-refractivity contribution in [3.8, 4) is 0 Å². The van der Waals surface area contributed by atoms with Gasteiger partial charge in [-0.3, -0.25) is 4.79 Å². The Bertz CT molecular complexity index is 256. The molecule has 0 saturated carbocycles. The Hall–Kier alpha value is -1.23. The Morgan fingerprint density at radius 3 is 3.10 bits per heavy atom. The SMILES string of the molecule is NCCc1nnc[nH]c1=O. The number of nitrogens with zero attached hydrogens (tertiary/aromatic N) is 2. The third-order valence-electron chi connectivity index (χ3n) is 1.08. The molecule has 0 spiro atoms. The zero-order chi connectivity index (χ0) is 7.40. The quantitative estimate of drug-likeness (QED) is 0.532. The molecule has 0 saturated heterocycles. The Morgan fingerprint density at radius 1 is 1.70 bits per heavy atom. The minimum absolute atomic E-state index is 0.208. The third-order valence-corrected chi connectivity index (χ3v) is 1.08. The number of nitrogens with one attached hydrogen (secondary N) is 1. The molecule has 54 valence electrons. The zero-order valence-electron chi connectivity index (χ0n) is 5.37. The molecule has 0 fully saturated rings. The van der Waals surface area contributed by atoms with Gasteiger partial charge in [-0.05, 0) is 6.54 Å². The number of aromatic nitrogens is 3. The average Bonchev–Trinajstić information content (AvgIpc) is 1.94. The molecular formula is C5H8N4O. The van der Waals surface area contributed by atoms with E-state index in [9.17, 15) is 4.79 Å². The van der Waals surface area contributed by atoms with E-state index in [0.29, 0.717) is 18.7 Å². The molecular weight excluding hydrogens is 132 g/mol. The summed E-state index contributed by atoms with van der Waals surface area (Å²) in [6.45, 7) is 0.418. The molecule has 5 nitrogen and oxygen atoms in total. The van der Waals surface area contributed by atoms with Crippen LogP contribution in [0.2, 0.25) is 0 Å². The van der Waals surface area contributed by atoms with Crippen LogP contribution in [0.5, 0.6) is 0 Å². The van der Waals surface area contributed by atoms with E-state index in [1.807, 2.05) is 0 Å². The summed E-state index contributed by atoms with van der Waals surface area (Å²) in [6, 6.07) is 0. The Kier molecular flexibility index (Phi) is 2.11. The fourth-order valence-corrected chi connectivity index (χ4v) is 0.615. The molecule has 0 aliphatic rings. The van der Waals surface area contributed by atoms with Crippen molar-refractivity contribution in [2.24, 2.45) is 5.73 Å². The van der Waals surface area contributed by atoms with E-state index in [0.717, 1.165) is 0 Å². The van der Waals surface area contributed by atoms with Gasteiger partial charge in [0.05, 0.1) is 0 Å². The van der Waals surface area contributed by atoms with E-state index in [1.54, 1.807) is 0 Å². The van der Waals surface area contributed by atoms with Gasteiger partial charge < -0.3 is 10.7 Å². The second-order valence-corrected chi connectivity index (χ2v) is 1.80. The molecule has 0 aliphatic heterocycles. The summed E-state index contributed by atoms with van der Waals surface area (Å²) < 4.78 is 0. The van der Waals surface area contributed by atoms with E-state index >= 15 is 0 Å². The van der Waals surface area contributed by atoms with Crippen LogP contribution in [0, 0.1) is 0 Å². The lowest BCUT2D eigenvalue weighted by molar-refractivity contribution is 0.818. The lowest BCUT2D eigenvalue weighted by Crippen LogP contribution is -2.18. The van der Waals surface area contributed by atoms with Crippen molar-refractivity contribution in [1.29, 1.82) is 0 Å². The van der Waals surface area contributed by atoms with Gasteiger partial charge in [0.15, 0.2) is 0 Å². The van der Waals surface area contributed by atoms with Crippen LogP contribution in [-0.2, 0) is 6.42 Å². The number of hydrogen-bond donors (Lipinski definition) is 2. The molecule has 1 rings (SSSR count). The van der Waals surface area contributed by atoms with Crippen molar-refractivity contribution in [3.63, 3.8) is 0 Å². The first-order chi connectivity index (χ1) is 4.84. The van der Waals surface area contributed by atoms with E-state index in [2.05, 4.69) is 15.2 Å². The van der Waals surface area contributed by atoms with Gasteiger partial charge in [0.1, 0.15) is 12.0 Å². The van der Waals surface area contributed by atoms with Crippen molar-refractivity contribution in [3.05, 3.63) is 22.4 Å². The van der Waals surface area contributed by atoms with Gasteiger partial charge in [-0.2, -0.15) is 0 Å². The maximum atomic E-state index is 10.8. The van der Waals surface area contributed by atoms with Crippen LogP contribution in [0.4, 0.5) is 0 Å². The van der Waals surface area contributed by atoms with Gasteiger partial charge in [0.2, 0.25) is 0 Å². The van der Waals surface area contributed by atoms with Crippen LogP contribution in [-0.4, -0.2) is 21.7 Å². The predicted molar refractivity (Wildman–Crippen MR) is 35.4 cm³/mol. The van der Waals surface area contributed by atoms with Crippen LogP contribution in [0.3, 0.4) is 0 Å². The standard InChI is InChI=1S/C5H8N4O/c6-2-1-4-5(10)7-3-8-9-4/h3H,1-2,6H2,(H,7,8,10). The van der Waals surface area contributed by atoms with Gasteiger partial charge in [0.25, 0.3) is 5.56 Å². The average molecular weight is 140 g/mol. The summed E-state index contributed by atoms with van der Waals surface area (Å²) >= 11 is 0. The van der Waals surface area contributed by atoms with Crippen molar-refractivity contribution in [2.45, 2.75) is 6.42 Å². The minimum atomic E-state index is -0.208. The Labute approximate surface area is 57.3 Å². The fraction of sp³-hybridized carbons (Fsp3) is 0.400. The smallest absolute Gasteiger partial charge is 0.272 e. The first-order valence-electron chi connectivity index (χ1n) is 2.94. The molecule has 0 aromatic carbocycles. The molecule has 1 aromatic heterocycles. The molecule has 1 aromatic rings. The highest BCUT2D eigenvalue weighted by Crippen LogP contribution is 1.78. The largest absolute Gasteiger partial charge is 0.330 e. The molecule has 1 heterocycles. The summed E-state index contributed by atoms with van der Waals surface area (Å²) in [4.78, 5) is 13.2. The molecule has 0 unspecified atom stereocenters. The van der Waals surface area contributed by atoms with E-state index < -0.39 is 0 Å². The molecule has 0 bridgehead atoms. The van der Waals surface area contributed by atoms with Crippen LogP contribution >= 0.6 is 0 Å². The summed E-state index contributed by atoms with van der Waals surface area (Å²) in [5.74, 6) is 0. The highest BCUT2D eigenvalue weighted by Gasteiger charge is 1.96. The van der Waals surface area contributed by atoms with Crippen molar-refractivity contribution in [2.75, 3.05) is 6.54 Å². The van der Waals surface area contributed by atoms with Crippen LogP contribution in [0.1, 0.15) is 5.69 Å². The zero-order valence-corrected chi connectivity index (χ0v) is 5.37. The van der Waals surface area contributed by atoms with Gasteiger partial charge in [-0.1, -0.05) is 0 Å². The summed E-state index contributed by atoms with van der Waals surface area (Å²) in [5.41, 5.74) is 5.39. The third kappa shape index (κ3) is 1.38. The molecule has 0 aliphatic carbocycles. The minimum Gasteiger partial charge on any atom is -0.330 e. The van der Waals surface area contributed by atoms with E-state index in [1.165, 1.54) is 6.33 Å². The molecule has 3 N–H and O–H groups in total. The van der Waals surface area contributed by atoms with E-state index in [-0.39, 0.29) is 5.56 Å². The summed E-state index contributed by atoms with van der Waals surface area (Å²) in [6.07, 6.45) is 1.73. The maximum absolute atomic E-state index is 10.8. The first-order valence-corrected chi connectivity index (χ1v) is 2.94. The number of H-pyrrole nitrogens is 1. The Morgan fingerprint density at radius 2 is 2.50 bits per heavy atom. The lowest BCUT2D eigenvalue weighted by atomic mass is 10.3. The van der Waals surface area contributed by atoms with Crippen LogP contribution in [0.25, 0.3) is 0 Å². The number of nitrogens with two attached hydrogens (primary N) is 1. The maximum Gasteiger partial charge on any atom is 0.272 e. The highest BCUT2D eigenvalue weighted by atomic mass is 16.1. The van der Waals surface area contributed by atoms with Gasteiger partial charge >= 0.3 is 0 Å². The fourth-order valence-electron chi connectivity index (χ4n) is 0.615. The molecule has 0 radical (unpaired) electrons. The van der Waals surface area contributed by atoms with Gasteiger partial charge in [0, 0.05) is 6.42 Å². The topological polar surface area (TPSA) is 84.7 Å². The predicted octanol–water partition coefficient (Wildman–Crippen LogP) is -1.33. The van der Waals surface area contributed by atoms with E-state index in [4.69, 9.17) is 5.73 Å². The summed E-state index contributed by atoms with van der Waals surface area (Å²) in [7, 11) is 0. The molecule has 10 heavy (non-hydrogen) atoms. The Balaban J connectivity index is 2.92. The molecule has 0 amide bonds. The monoisotopic (exact) mass is 140 g/mol. The first kappa shape index (κ1) is 6.88. The normalized spacial score (nSPS) is 9.70. The second-order valence-electron chi connectivity index (χ2n) is 1.80. The number of hydrogen-bond acceptors (Lipinski definition) is 4. The molecule has 5 heteroatoms. The second kappa shape index (κ2) is 3.07. The van der Waals surface area contributed by atoms with Crippen molar-refractivity contribution < 1.29 is 0 Å². The van der Waals surface area contributed by atoms with Crippen molar-refractivity contribution >= 4 is 0 Å². The summed E-state index contributed by atoms with van der Waals surface area (Å²) in [5, 5.41) is 7.10. The van der Waals surface area contributed by atoms with Crippen LogP contribution in [0.15, 0.2) is 11.1 Å². The van der Waals surface area contributed by atoms with Gasteiger partial charge in [-0.15, -0.1) is 10.2 Å².